The molecule has 3 amide bonds. The number of alkyl carbamates (subject to hydrolysis) is 1. The highest BCUT2D eigenvalue weighted by Crippen LogP contribution is 2.28. The first kappa shape index (κ1) is 30.5. The van der Waals surface area contributed by atoms with Gasteiger partial charge in [0.25, 0.3) is 5.91 Å². The monoisotopic (exact) mass is 527 g/mol. The van der Waals surface area contributed by atoms with E-state index in [2.05, 4.69) is 17.6 Å². The van der Waals surface area contributed by atoms with Crippen molar-refractivity contribution >= 4 is 23.6 Å². The third-order valence-corrected chi connectivity index (χ3v) is 5.81. The lowest BCUT2D eigenvalue weighted by atomic mass is 10.00. The second-order valence-electron chi connectivity index (χ2n) is 10.2. The predicted molar refractivity (Wildman–Crippen MR) is 147 cm³/mol. The average Bonchev–Trinajstić information content (AvgIpc) is 2.85. The molecular formula is C29H41N3O6. The molecule has 0 saturated carbocycles. The number of carbonyl (C=O) groups excluding carboxylic acids is 3. The number of hydrogen-bond acceptors (Lipinski definition) is 6. The first-order chi connectivity index (χ1) is 17.9. The Balaban J connectivity index is 2.39. The van der Waals surface area contributed by atoms with Crippen molar-refractivity contribution in [2.45, 2.75) is 71.9 Å². The lowest BCUT2D eigenvalue weighted by molar-refractivity contribution is -0.138. The molecule has 0 saturated heterocycles. The van der Waals surface area contributed by atoms with Gasteiger partial charge in [-0.15, -0.1) is 0 Å². The third kappa shape index (κ3) is 9.61. The number of ether oxygens (including phenoxy) is 2. The zero-order chi connectivity index (χ0) is 28.3. The van der Waals surface area contributed by atoms with Crippen LogP contribution in [0.25, 0.3) is 0 Å². The normalized spacial score (nSPS) is 11.8. The van der Waals surface area contributed by atoms with Crippen LogP contribution in [0.1, 0.15) is 70.5 Å². The van der Waals surface area contributed by atoms with Gasteiger partial charge < -0.3 is 30.1 Å². The Morgan fingerprint density at radius 3 is 2.29 bits per heavy atom. The van der Waals surface area contributed by atoms with Crippen LogP contribution >= 0.6 is 0 Å². The number of methoxy groups -OCH3 is 1. The van der Waals surface area contributed by atoms with E-state index >= 15 is 0 Å². The van der Waals surface area contributed by atoms with E-state index in [1.165, 1.54) is 11.0 Å². The van der Waals surface area contributed by atoms with Gasteiger partial charge in [0.15, 0.2) is 0 Å². The molecule has 0 aliphatic rings. The van der Waals surface area contributed by atoms with Crippen molar-refractivity contribution in [2.24, 2.45) is 0 Å². The molecule has 0 radical (unpaired) electrons. The lowest BCUT2D eigenvalue weighted by Crippen LogP contribution is -2.47. The van der Waals surface area contributed by atoms with Gasteiger partial charge in [0, 0.05) is 12.2 Å². The predicted octanol–water partition coefficient (Wildman–Crippen LogP) is 5.32. The van der Waals surface area contributed by atoms with Crippen LogP contribution in [0.5, 0.6) is 11.5 Å². The fourth-order valence-corrected chi connectivity index (χ4v) is 3.88. The topological polar surface area (TPSA) is 117 Å². The number of anilines is 1. The molecule has 1 unspecified atom stereocenters. The van der Waals surface area contributed by atoms with Gasteiger partial charge in [-0.1, -0.05) is 32.3 Å². The minimum Gasteiger partial charge on any atom is -0.508 e. The van der Waals surface area contributed by atoms with Gasteiger partial charge in [-0.2, -0.15) is 0 Å². The summed E-state index contributed by atoms with van der Waals surface area (Å²) >= 11 is 0. The molecule has 2 aromatic carbocycles. The fourth-order valence-electron chi connectivity index (χ4n) is 3.88. The van der Waals surface area contributed by atoms with Crippen LogP contribution in [0.3, 0.4) is 0 Å². The van der Waals surface area contributed by atoms with Gasteiger partial charge in [0.2, 0.25) is 5.91 Å². The van der Waals surface area contributed by atoms with E-state index in [0.29, 0.717) is 35.5 Å². The molecule has 9 nitrogen and oxygen atoms in total. The Bertz CT molecular complexity index is 1080. The SMILES string of the molecule is CCCCCCN(C(=O)CNC(=O)OC(C)(C)C)C(C(=O)Nc1ccc(OC)cc1)c1ccc(O)c(C)c1. The molecule has 0 aromatic heterocycles. The van der Waals surface area contributed by atoms with E-state index in [1.807, 2.05) is 0 Å². The van der Waals surface area contributed by atoms with Crippen molar-refractivity contribution in [1.82, 2.24) is 10.2 Å². The van der Waals surface area contributed by atoms with E-state index in [9.17, 15) is 19.5 Å². The minimum atomic E-state index is -0.994. The number of benzene rings is 2. The van der Waals surface area contributed by atoms with Crippen molar-refractivity contribution in [2.75, 3.05) is 25.5 Å². The summed E-state index contributed by atoms with van der Waals surface area (Å²) in [5, 5.41) is 15.5. The van der Waals surface area contributed by atoms with Crippen molar-refractivity contribution in [1.29, 1.82) is 0 Å². The lowest BCUT2D eigenvalue weighted by Gasteiger charge is -2.32. The number of hydrogen-bond donors (Lipinski definition) is 3. The summed E-state index contributed by atoms with van der Waals surface area (Å²) in [4.78, 5) is 40.9. The molecule has 2 aromatic rings. The number of carbonyl (C=O) groups is 3. The van der Waals surface area contributed by atoms with Crippen LogP contribution in [0.4, 0.5) is 10.5 Å². The Kier molecular flexibility index (Phi) is 11.4. The molecule has 0 aliphatic heterocycles. The van der Waals surface area contributed by atoms with Crippen molar-refractivity contribution in [3.63, 3.8) is 0 Å². The van der Waals surface area contributed by atoms with Crippen LogP contribution in [-0.4, -0.2) is 53.7 Å². The van der Waals surface area contributed by atoms with Crippen LogP contribution < -0.4 is 15.4 Å². The Morgan fingerprint density at radius 1 is 1.03 bits per heavy atom. The van der Waals surface area contributed by atoms with Gasteiger partial charge in [-0.05, 0) is 81.6 Å². The summed E-state index contributed by atoms with van der Waals surface area (Å²) < 4.78 is 10.5. The summed E-state index contributed by atoms with van der Waals surface area (Å²) in [7, 11) is 1.56. The average molecular weight is 528 g/mol. The highest BCUT2D eigenvalue weighted by Gasteiger charge is 2.32. The smallest absolute Gasteiger partial charge is 0.408 e. The molecule has 208 valence electrons. The summed E-state index contributed by atoms with van der Waals surface area (Å²) in [6.07, 6.45) is 2.89. The van der Waals surface area contributed by atoms with Gasteiger partial charge in [-0.3, -0.25) is 9.59 Å². The van der Waals surface area contributed by atoms with E-state index in [-0.39, 0.29) is 12.3 Å². The molecule has 0 bridgehead atoms. The molecule has 0 aliphatic carbocycles. The second-order valence-corrected chi connectivity index (χ2v) is 10.2. The molecule has 2 rings (SSSR count). The Hall–Kier alpha value is -3.75. The number of amides is 3. The minimum absolute atomic E-state index is 0.0930. The van der Waals surface area contributed by atoms with Crippen LogP contribution in [0.2, 0.25) is 0 Å². The number of nitrogens with one attached hydrogen (secondary N) is 2. The quantitative estimate of drug-likeness (QED) is 0.322. The summed E-state index contributed by atoms with van der Waals surface area (Å²) in [5.41, 5.74) is 0.959. The van der Waals surface area contributed by atoms with Gasteiger partial charge in [0.1, 0.15) is 29.7 Å². The first-order valence-corrected chi connectivity index (χ1v) is 13.0. The maximum atomic E-state index is 13.7. The zero-order valence-electron chi connectivity index (χ0n) is 23.3. The van der Waals surface area contributed by atoms with Crippen molar-refractivity contribution < 1.29 is 29.0 Å². The second kappa shape index (κ2) is 14.3. The van der Waals surface area contributed by atoms with Crippen LogP contribution in [0, 0.1) is 6.92 Å². The molecule has 1 atom stereocenters. The Labute approximate surface area is 225 Å². The number of rotatable bonds is 12. The standard InChI is InChI=1S/C29H41N3O6/c1-7-8-9-10-17-32(25(34)19-30-28(36)38-29(3,4)5)26(21-11-16-24(33)20(2)18-21)27(35)31-22-12-14-23(37-6)15-13-22/h11-16,18,26,33H,7-10,17,19H2,1-6H3,(H,30,36)(H,31,35). The number of aromatic hydroxyl groups is 1. The fraction of sp³-hybridized carbons (Fsp3) is 0.483. The zero-order valence-corrected chi connectivity index (χ0v) is 23.3. The molecule has 38 heavy (non-hydrogen) atoms. The number of aryl methyl sites for hydroxylation is 1. The molecule has 3 N–H and O–H groups in total. The molecular weight excluding hydrogens is 486 g/mol. The number of nitrogens with zero attached hydrogens (tertiary/aromatic N) is 1. The van der Waals surface area contributed by atoms with Gasteiger partial charge in [0.05, 0.1) is 7.11 Å². The van der Waals surface area contributed by atoms with Crippen LogP contribution in [-0.2, 0) is 14.3 Å². The highest BCUT2D eigenvalue weighted by atomic mass is 16.6. The number of unbranched alkanes of at least 4 members (excludes halogenated alkanes) is 3. The number of phenols is 1. The van der Waals surface area contributed by atoms with Crippen molar-refractivity contribution in [3.05, 3.63) is 53.6 Å². The van der Waals surface area contributed by atoms with E-state index in [0.717, 1.165) is 19.3 Å². The molecule has 0 spiro atoms. The maximum Gasteiger partial charge on any atom is 0.408 e. The van der Waals surface area contributed by atoms with E-state index in [1.54, 1.807) is 71.2 Å². The summed E-state index contributed by atoms with van der Waals surface area (Å²) in [6.45, 7) is 9.03. The van der Waals surface area contributed by atoms with Crippen molar-refractivity contribution in [3.8, 4) is 11.5 Å². The van der Waals surface area contributed by atoms with Crippen LogP contribution in [0.15, 0.2) is 42.5 Å². The number of phenolic OH excluding ortho intramolecular Hbond substituents is 1. The van der Waals surface area contributed by atoms with Gasteiger partial charge in [-0.25, -0.2) is 4.79 Å². The Morgan fingerprint density at radius 2 is 1.71 bits per heavy atom. The molecule has 0 fully saturated rings. The largest absolute Gasteiger partial charge is 0.508 e. The third-order valence-electron chi connectivity index (χ3n) is 5.81. The molecule has 9 heteroatoms. The maximum absolute atomic E-state index is 13.7. The van der Waals surface area contributed by atoms with Gasteiger partial charge >= 0.3 is 6.09 Å². The summed E-state index contributed by atoms with van der Waals surface area (Å²) in [6, 6.07) is 10.7. The summed E-state index contributed by atoms with van der Waals surface area (Å²) in [5.74, 6) is -0.0977. The van der Waals surface area contributed by atoms with E-state index in [4.69, 9.17) is 9.47 Å². The molecule has 0 heterocycles. The highest BCUT2D eigenvalue weighted by molar-refractivity contribution is 5.98. The first-order valence-electron chi connectivity index (χ1n) is 13.0. The van der Waals surface area contributed by atoms with E-state index < -0.39 is 29.6 Å².